The van der Waals surface area contributed by atoms with Gasteiger partial charge in [-0.1, -0.05) is 38.1 Å². The van der Waals surface area contributed by atoms with Crippen molar-refractivity contribution in [1.29, 1.82) is 0 Å². The summed E-state index contributed by atoms with van der Waals surface area (Å²) < 4.78 is 5.70. The Morgan fingerprint density at radius 3 is 2.39 bits per heavy atom. The highest BCUT2D eigenvalue weighted by Gasteiger charge is 2.10. The number of nitrogens with one attached hydrogen (secondary N) is 1. The van der Waals surface area contributed by atoms with Crippen LogP contribution < -0.4 is 5.32 Å². The van der Waals surface area contributed by atoms with Crippen molar-refractivity contribution >= 4 is 0 Å². The molecule has 18 heavy (non-hydrogen) atoms. The monoisotopic (exact) mass is 249 g/mol. The first-order valence-corrected chi connectivity index (χ1v) is 6.95. The Hall–Kier alpha value is -0.860. The predicted molar refractivity (Wildman–Crippen MR) is 77.9 cm³/mol. The van der Waals surface area contributed by atoms with Crippen LogP contribution in [0.15, 0.2) is 24.3 Å². The minimum Gasteiger partial charge on any atom is -0.381 e. The summed E-state index contributed by atoms with van der Waals surface area (Å²) in [6, 6.07) is 8.95. The molecule has 1 N–H and O–H groups in total. The van der Waals surface area contributed by atoms with E-state index in [9.17, 15) is 0 Å². The lowest BCUT2D eigenvalue weighted by atomic mass is 9.99. The highest BCUT2D eigenvalue weighted by atomic mass is 16.5. The van der Waals surface area contributed by atoms with E-state index in [-0.39, 0.29) is 0 Å². The Morgan fingerprint density at radius 2 is 1.78 bits per heavy atom. The third-order valence-electron chi connectivity index (χ3n) is 3.30. The zero-order valence-electron chi connectivity index (χ0n) is 12.2. The quantitative estimate of drug-likeness (QED) is 0.709. The van der Waals surface area contributed by atoms with Crippen molar-refractivity contribution in [2.24, 2.45) is 5.92 Å². The molecule has 0 aliphatic rings. The van der Waals surface area contributed by atoms with Gasteiger partial charge < -0.3 is 10.1 Å². The van der Waals surface area contributed by atoms with E-state index in [2.05, 4.69) is 50.4 Å². The number of rotatable bonds is 8. The molecule has 0 fully saturated rings. The molecule has 0 amide bonds. The minimum atomic E-state index is 0.394. The fraction of sp³-hybridized carbons (Fsp3) is 0.625. The maximum absolute atomic E-state index is 5.70. The molecule has 0 radical (unpaired) electrons. The molecule has 0 spiro atoms. The fourth-order valence-corrected chi connectivity index (χ4v) is 2.06. The Bertz CT molecular complexity index is 336. The van der Waals surface area contributed by atoms with Gasteiger partial charge in [0.2, 0.25) is 0 Å². The number of aryl methyl sites for hydroxylation is 1. The minimum absolute atomic E-state index is 0.394. The molecular formula is C16H27NO. The highest BCUT2D eigenvalue weighted by Crippen LogP contribution is 2.20. The number of hydrogen-bond donors (Lipinski definition) is 1. The summed E-state index contributed by atoms with van der Waals surface area (Å²) in [6.45, 7) is 8.33. The molecule has 2 heteroatoms. The second kappa shape index (κ2) is 8.28. The topological polar surface area (TPSA) is 21.3 Å². The number of benzene rings is 1. The molecule has 1 aromatic rings. The summed E-state index contributed by atoms with van der Waals surface area (Å²) in [5, 5.41) is 3.38. The normalized spacial score (nSPS) is 12.9. The van der Waals surface area contributed by atoms with Crippen LogP contribution in [-0.2, 0) is 4.74 Å². The molecule has 0 aliphatic carbocycles. The van der Waals surface area contributed by atoms with Crippen molar-refractivity contribution in [3.05, 3.63) is 35.4 Å². The zero-order chi connectivity index (χ0) is 13.4. The maximum atomic E-state index is 5.70. The Labute approximate surface area is 112 Å². The van der Waals surface area contributed by atoms with Crippen LogP contribution in [0.3, 0.4) is 0 Å². The molecule has 1 unspecified atom stereocenters. The van der Waals surface area contributed by atoms with Crippen LogP contribution in [0.5, 0.6) is 0 Å². The molecule has 0 bridgehead atoms. The summed E-state index contributed by atoms with van der Waals surface area (Å²) in [6.07, 6.45) is 2.17. The van der Waals surface area contributed by atoms with Crippen LogP contribution in [0.2, 0.25) is 0 Å². The average molecular weight is 249 g/mol. The van der Waals surface area contributed by atoms with Gasteiger partial charge in [-0.25, -0.2) is 0 Å². The van der Waals surface area contributed by atoms with Gasteiger partial charge >= 0.3 is 0 Å². The number of ether oxygens (including phenoxy) is 1. The molecule has 2 nitrogen and oxygen atoms in total. The Kier molecular flexibility index (Phi) is 6.99. The third-order valence-corrected chi connectivity index (χ3v) is 3.30. The molecule has 102 valence electrons. The van der Waals surface area contributed by atoms with Gasteiger partial charge in [-0.05, 0) is 43.9 Å². The Balaban J connectivity index is 2.36. The predicted octanol–water partition coefficient (Wildman–Crippen LogP) is 3.71. The van der Waals surface area contributed by atoms with Gasteiger partial charge in [-0.2, -0.15) is 0 Å². The third kappa shape index (κ3) is 5.19. The van der Waals surface area contributed by atoms with Crippen LogP contribution in [-0.4, -0.2) is 20.3 Å². The SMILES string of the molecule is CNC(CCOCCC(C)C)c1ccccc1C. The van der Waals surface area contributed by atoms with Gasteiger partial charge in [0.1, 0.15) is 0 Å². The van der Waals surface area contributed by atoms with Crippen molar-refractivity contribution in [2.75, 3.05) is 20.3 Å². The first-order chi connectivity index (χ1) is 8.65. The molecule has 0 heterocycles. The number of hydrogen-bond acceptors (Lipinski definition) is 2. The van der Waals surface area contributed by atoms with Crippen LogP contribution >= 0.6 is 0 Å². The van der Waals surface area contributed by atoms with Crippen molar-refractivity contribution in [1.82, 2.24) is 5.32 Å². The van der Waals surface area contributed by atoms with Crippen molar-refractivity contribution in [3.8, 4) is 0 Å². The van der Waals surface area contributed by atoms with E-state index in [1.54, 1.807) is 0 Å². The first-order valence-electron chi connectivity index (χ1n) is 6.95. The van der Waals surface area contributed by atoms with Crippen LogP contribution in [0, 0.1) is 12.8 Å². The van der Waals surface area contributed by atoms with Crippen molar-refractivity contribution in [3.63, 3.8) is 0 Å². The van der Waals surface area contributed by atoms with Crippen molar-refractivity contribution < 1.29 is 4.74 Å². The standard InChI is InChI=1S/C16H27NO/c1-13(2)9-11-18-12-10-16(17-4)15-8-6-5-7-14(15)3/h5-8,13,16-17H,9-12H2,1-4H3. The van der Waals surface area contributed by atoms with Crippen molar-refractivity contribution in [2.45, 2.75) is 39.7 Å². The molecule has 0 aliphatic heterocycles. The Morgan fingerprint density at radius 1 is 1.11 bits per heavy atom. The molecule has 0 saturated heterocycles. The highest BCUT2D eigenvalue weighted by molar-refractivity contribution is 5.28. The van der Waals surface area contributed by atoms with E-state index >= 15 is 0 Å². The molecule has 1 aromatic carbocycles. The van der Waals surface area contributed by atoms with Gasteiger partial charge in [-0.15, -0.1) is 0 Å². The second-order valence-electron chi connectivity index (χ2n) is 5.28. The zero-order valence-corrected chi connectivity index (χ0v) is 12.2. The van der Waals surface area contributed by atoms with Gasteiger partial charge in [0.25, 0.3) is 0 Å². The first kappa shape index (κ1) is 15.2. The fourth-order valence-electron chi connectivity index (χ4n) is 2.06. The van der Waals surface area contributed by atoms with E-state index in [0.29, 0.717) is 6.04 Å². The summed E-state index contributed by atoms with van der Waals surface area (Å²) >= 11 is 0. The van der Waals surface area contributed by atoms with E-state index in [0.717, 1.165) is 32.0 Å². The average Bonchev–Trinajstić information content (AvgIpc) is 2.35. The lowest BCUT2D eigenvalue weighted by molar-refractivity contribution is 0.115. The van der Waals surface area contributed by atoms with Gasteiger partial charge in [0, 0.05) is 19.3 Å². The molecule has 1 atom stereocenters. The largest absolute Gasteiger partial charge is 0.381 e. The molecule has 0 aromatic heterocycles. The van der Waals surface area contributed by atoms with E-state index in [4.69, 9.17) is 4.74 Å². The van der Waals surface area contributed by atoms with Gasteiger partial charge in [0.05, 0.1) is 0 Å². The van der Waals surface area contributed by atoms with E-state index < -0.39 is 0 Å². The molecule has 1 rings (SSSR count). The van der Waals surface area contributed by atoms with Gasteiger partial charge in [0.15, 0.2) is 0 Å². The lowest BCUT2D eigenvalue weighted by Crippen LogP contribution is -2.19. The summed E-state index contributed by atoms with van der Waals surface area (Å²) in [5.41, 5.74) is 2.73. The lowest BCUT2D eigenvalue weighted by Gasteiger charge is -2.19. The molecule has 0 saturated carbocycles. The van der Waals surface area contributed by atoms with E-state index in [1.807, 2.05) is 7.05 Å². The molecular weight excluding hydrogens is 222 g/mol. The van der Waals surface area contributed by atoms with Crippen LogP contribution in [0.4, 0.5) is 0 Å². The summed E-state index contributed by atoms with van der Waals surface area (Å²) in [5.74, 6) is 0.724. The summed E-state index contributed by atoms with van der Waals surface area (Å²) in [4.78, 5) is 0. The van der Waals surface area contributed by atoms with Gasteiger partial charge in [-0.3, -0.25) is 0 Å². The van der Waals surface area contributed by atoms with Crippen LogP contribution in [0.1, 0.15) is 43.9 Å². The second-order valence-corrected chi connectivity index (χ2v) is 5.28. The van der Waals surface area contributed by atoms with Crippen LogP contribution in [0.25, 0.3) is 0 Å². The smallest absolute Gasteiger partial charge is 0.0484 e. The summed E-state index contributed by atoms with van der Waals surface area (Å²) in [7, 11) is 2.02. The maximum Gasteiger partial charge on any atom is 0.0484 e. The van der Waals surface area contributed by atoms with E-state index in [1.165, 1.54) is 11.1 Å².